The first kappa shape index (κ1) is 14.7. The number of rotatable bonds is 7. The van der Waals surface area contributed by atoms with E-state index in [9.17, 15) is 8.42 Å². The Morgan fingerprint density at radius 1 is 1.15 bits per heavy atom. The van der Waals surface area contributed by atoms with Gasteiger partial charge in [0, 0.05) is 13.6 Å². The third-order valence-corrected chi connectivity index (χ3v) is 4.98. The molecule has 0 unspecified atom stereocenters. The number of aromatic nitrogens is 2. The fraction of sp³-hybridized carbons (Fsp3) is 0.357. The smallest absolute Gasteiger partial charge is 0.259 e. The molecule has 0 saturated carbocycles. The van der Waals surface area contributed by atoms with Crippen molar-refractivity contribution in [1.29, 1.82) is 0 Å². The van der Waals surface area contributed by atoms with Crippen LogP contribution in [-0.4, -0.2) is 36.5 Å². The van der Waals surface area contributed by atoms with Gasteiger partial charge in [0.05, 0.1) is 6.20 Å². The third kappa shape index (κ3) is 3.68. The van der Waals surface area contributed by atoms with Crippen LogP contribution in [0.25, 0.3) is 0 Å². The van der Waals surface area contributed by atoms with E-state index in [4.69, 9.17) is 0 Å². The number of hydrogen-bond donors (Lipinski definition) is 1. The van der Waals surface area contributed by atoms with E-state index < -0.39 is 10.0 Å². The number of sulfonamides is 1. The van der Waals surface area contributed by atoms with Crippen molar-refractivity contribution < 1.29 is 8.42 Å². The molecule has 0 radical (unpaired) electrons. The zero-order valence-electron chi connectivity index (χ0n) is 11.5. The van der Waals surface area contributed by atoms with Crippen molar-refractivity contribution in [3.05, 3.63) is 48.2 Å². The van der Waals surface area contributed by atoms with Crippen LogP contribution in [0, 0.1) is 0 Å². The van der Waals surface area contributed by atoms with Crippen LogP contribution in [0.15, 0.2) is 47.6 Å². The number of H-pyrrole nitrogens is 1. The van der Waals surface area contributed by atoms with E-state index >= 15 is 0 Å². The van der Waals surface area contributed by atoms with Gasteiger partial charge in [-0.2, -0.15) is 9.40 Å². The highest BCUT2D eigenvalue weighted by Gasteiger charge is 2.21. The number of benzene rings is 1. The maximum Gasteiger partial charge on any atom is 0.259 e. The van der Waals surface area contributed by atoms with E-state index in [2.05, 4.69) is 22.3 Å². The summed E-state index contributed by atoms with van der Waals surface area (Å²) in [6.45, 7) is 0.508. The first-order valence-corrected chi connectivity index (χ1v) is 8.04. The lowest BCUT2D eigenvalue weighted by atomic mass is 10.1. The lowest BCUT2D eigenvalue weighted by Gasteiger charge is -2.15. The summed E-state index contributed by atoms with van der Waals surface area (Å²) in [6.07, 6.45) is 4.21. The summed E-state index contributed by atoms with van der Waals surface area (Å²) in [5.74, 6) is 0. The highest BCUT2D eigenvalue weighted by atomic mass is 32.2. The lowest BCUT2D eigenvalue weighted by molar-refractivity contribution is 0.453. The minimum Gasteiger partial charge on any atom is -0.266 e. The molecule has 2 aromatic rings. The Bertz CT molecular complexity index is 609. The minimum atomic E-state index is -3.43. The summed E-state index contributed by atoms with van der Waals surface area (Å²) in [5, 5.41) is 6.31. The molecular weight excluding hydrogens is 274 g/mol. The highest BCUT2D eigenvalue weighted by Crippen LogP contribution is 2.12. The number of aryl methyl sites for hydroxylation is 1. The molecule has 0 spiro atoms. The second kappa shape index (κ2) is 6.67. The predicted molar refractivity (Wildman–Crippen MR) is 77.8 cm³/mol. The van der Waals surface area contributed by atoms with Crippen LogP contribution in [0.4, 0.5) is 0 Å². The zero-order valence-corrected chi connectivity index (χ0v) is 12.3. The molecule has 2 rings (SSSR count). The molecule has 0 fully saturated rings. The van der Waals surface area contributed by atoms with Crippen molar-refractivity contribution in [3.8, 4) is 0 Å². The highest BCUT2D eigenvalue weighted by molar-refractivity contribution is 7.89. The Hall–Kier alpha value is -1.66. The largest absolute Gasteiger partial charge is 0.266 e. The van der Waals surface area contributed by atoms with Crippen LogP contribution in [0.3, 0.4) is 0 Å². The van der Waals surface area contributed by atoms with Crippen molar-refractivity contribution >= 4 is 10.0 Å². The summed E-state index contributed by atoms with van der Waals surface area (Å²) in [7, 11) is -1.83. The second-order valence-electron chi connectivity index (χ2n) is 4.69. The van der Waals surface area contributed by atoms with Gasteiger partial charge in [0.2, 0.25) is 0 Å². The van der Waals surface area contributed by atoms with Gasteiger partial charge in [0.25, 0.3) is 10.0 Å². The van der Waals surface area contributed by atoms with Gasteiger partial charge in [0.1, 0.15) is 0 Å². The average Bonchev–Trinajstić information content (AvgIpc) is 2.99. The fourth-order valence-corrected chi connectivity index (χ4v) is 3.09. The van der Waals surface area contributed by atoms with Crippen molar-refractivity contribution in [1.82, 2.24) is 14.5 Å². The Labute approximate surface area is 119 Å². The minimum absolute atomic E-state index is 0.142. The average molecular weight is 293 g/mol. The molecule has 1 aromatic carbocycles. The van der Waals surface area contributed by atoms with Gasteiger partial charge in [-0.25, -0.2) is 8.42 Å². The topological polar surface area (TPSA) is 66.1 Å². The van der Waals surface area contributed by atoms with Gasteiger partial charge in [-0.15, -0.1) is 0 Å². The van der Waals surface area contributed by atoms with E-state index in [1.807, 2.05) is 18.2 Å². The number of nitrogens with zero attached hydrogens (tertiary/aromatic N) is 2. The van der Waals surface area contributed by atoms with Crippen LogP contribution in [0.1, 0.15) is 18.4 Å². The van der Waals surface area contributed by atoms with Crippen molar-refractivity contribution in [3.63, 3.8) is 0 Å². The molecule has 1 N–H and O–H groups in total. The molecule has 0 aliphatic carbocycles. The van der Waals surface area contributed by atoms with Crippen LogP contribution in [0.5, 0.6) is 0 Å². The summed E-state index contributed by atoms with van der Waals surface area (Å²) in [4.78, 5) is 0. The van der Waals surface area contributed by atoms with Gasteiger partial charge in [-0.3, -0.25) is 5.10 Å². The molecule has 5 nitrogen and oxygen atoms in total. The zero-order chi connectivity index (χ0) is 14.4. The molecule has 1 heterocycles. The van der Waals surface area contributed by atoms with E-state index in [0.717, 1.165) is 19.3 Å². The van der Waals surface area contributed by atoms with Gasteiger partial charge < -0.3 is 0 Å². The fourth-order valence-electron chi connectivity index (χ4n) is 1.98. The van der Waals surface area contributed by atoms with Gasteiger partial charge in [-0.05, 0) is 30.9 Å². The molecular formula is C14H19N3O2S. The molecule has 0 aliphatic heterocycles. The first-order chi connectivity index (χ1) is 9.60. The molecule has 0 atom stereocenters. The third-order valence-electron chi connectivity index (χ3n) is 3.19. The number of hydrogen-bond acceptors (Lipinski definition) is 3. The summed E-state index contributed by atoms with van der Waals surface area (Å²) in [5.41, 5.74) is 1.28. The first-order valence-electron chi connectivity index (χ1n) is 6.60. The molecule has 0 amide bonds. The molecule has 20 heavy (non-hydrogen) atoms. The van der Waals surface area contributed by atoms with Crippen LogP contribution < -0.4 is 0 Å². The van der Waals surface area contributed by atoms with E-state index in [1.54, 1.807) is 7.05 Å². The number of nitrogens with one attached hydrogen (secondary N) is 1. The predicted octanol–water partition coefficient (Wildman–Crippen LogP) is 2.05. The SMILES string of the molecule is CN(CCCCc1ccccc1)S(=O)(=O)c1ccn[nH]1. The lowest BCUT2D eigenvalue weighted by Crippen LogP contribution is -2.28. The van der Waals surface area contributed by atoms with Gasteiger partial charge in [-0.1, -0.05) is 30.3 Å². The van der Waals surface area contributed by atoms with E-state index in [0.29, 0.717) is 6.54 Å². The van der Waals surface area contributed by atoms with Crippen molar-refractivity contribution in [2.24, 2.45) is 0 Å². The number of unbranched alkanes of at least 4 members (excludes halogenated alkanes) is 1. The quantitative estimate of drug-likeness (QED) is 0.795. The second-order valence-corrected chi connectivity index (χ2v) is 6.70. The van der Waals surface area contributed by atoms with Crippen LogP contribution in [-0.2, 0) is 16.4 Å². The van der Waals surface area contributed by atoms with Crippen LogP contribution >= 0.6 is 0 Å². The summed E-state index contributed by atoms with van der Waals surface area (Å²) in [6, 6.07) is 11.7. The van der Waals surface area contributed by atoms with Gasteiger partial charge >= 0.3 is 0 Å². The Morgan fingerprint density at radius 3 is 2.55 bits per heavy atom. The molecule has 0 saturated heterocycles. The molecule has 1 aromatic heterocycles. The van der Waals surface area contributed by atoms with E-state index in [1.165, 1.54) is 22.1 Å². The Kier molecular flexibility index (Phi) is 4.92. The normalized spacial score (nSPS) is 11.9. The molecule has 0 aliphatic rings. The van der Waals surface area contributed by atoms with E-state index in [-0.39, 0.29) is 5.03 Å². The number of aromatic amines is 1. The standard InChI is InChI=1S/C14H19N3O2S/c1-17(20(18,19)14-10-11-15-16-14)12-6-5-9-13-7-3-2-4-8-13/h2-4,7-8,10-11H,5-6,9,12H2,1H3,(H,15,16). The van der Waals surface area contributed by atoms with Crippen molar-refractivity contribution in [2.45, 2.75) is 24.3 Å². The molecule has 0 bridgehead atoms. The molecule has 6 heteroatoms. The summed E-state index contributed by atoms with van der Waals surface area (Å²) >= 11 is 0. The maximum atomic E-state index is 12.1. The monoisotopic (exact) mass is 293 g/mol. The Morgan fingerprint density at radius 2 is 1.90 bits per heavy atom. The van der Waals surface area contributed by atoms with Crippen LogP contribution in [0.2, 0.25) is 0 Å². The molecule has 108 valence electrons. The maximum absolute atomic E-state index is 12.1. The van der Waals surface area contributed by atoms with Gasteiger partial charge in [0.15, 0.2) is 5.03 Å². The Balaban J connectivity index is 1.80. The van der Waals surface area contributed by atoms with Crippen molar-refractivity contribution in [2.75, 3.05) is 13.6 Å². The summed E-state index contributed by atoms with van der Waals surface area (Å²) < 4.78 is 25.6.